The Morgan fingerprint density at radius 3 is 2.72 bits per heavy atom. The summed E-state index contributed by atoms with van der Waals surface area (Å²) in [5.41, 5.74) is 1.97. The van der Waals surface area contributed by atoms with Crippen LogP contribution in [0.1, 0.15) is 52.4 Å². The average Bonchev–Trinajstić information content (AvgIpc) is 3.15. The summed E-state index contributed by atoms with van der Waals surface area (Å²) in [5, 5.41) is 2.79. The van der Waals surface area contributed by atoms with E-state index >= 15 is 0 Å². The minimum atomic E-state index is -2.72. The molecule has 0 aliphatic heterocycles. The van der Waals surface area contributed by atoms with Crippen LogP contribution in [0.4, 0.5) is 8.78 Å². The van der Waals surface area contributed by atoms with Gasteiger partial charge in [-0.15, -0.1) is 11.3 Å². The van der Waals surface area contributed by atoms with E-state index in [1.54, 1.807) is 31.2 Å². The zero-order chi connectivity index (χ0) is 18.1. The maximum absolute atomic E-state index is 13.5. The maximum atomic E-state index is 13.5. The monoisotopic (exact) mass is 363 g/mol. The van der Waals surface area contributed by atoms with Crippen LogP contribution in [0.3, 0.4) is 0 Å². The molecule has 0 fully saturated rings. The van der Waals surface area contributed by atoms with Gasteiger partial charge in [0.05, 0.1) is 22.0 Å². The van der Waals surface area contributed by atoms with Gasteiger partial charge in [-0.05, 0) is 44.0 Å². The highest BCUT2D eigenvalue weighted by molar-refractivity contribution is 7.14. The molecular formula is C18H19F2N3OS. The molecular weight excluding hydrogens is 344 g/mol. The van der Waals surface area contributed by atoms with E-state index in [0.717, 1.165) is 21.4 Å². The number of hydrogen-bond acceptors (Lipinski definition) is 3. The second-order valence-electron chi connectivity index (χ2n) is 5.85. The van der Waals surface area contributed by atoms with Gasteiger partial charge in [-0.25, -0.2) is 4.98 Å². The van der Waals surface area contributed by atoms with E-state index < -0.39 is 12.6 Å². The van der Waals surface area contributed by atoms with Gasteiger partial charge in [-0.3, -0.25) is 9.36 Å². The zero-order valence-electron chi connectivity index (χ0n) is 14.2. The first kappa shape index (κ1) is 17.5. The molecule has 1 amide bonds. The summed E-state index contributed by atoms with van der Waals surface area (Å²) >= 11 is 1.41. The van der Waals surface area contributed by atoms with Crippen LogP contribution in [0, 0.1) is 6.92 Å². The van der Waals surface area contributed by atoms with E-state index in [9.17, 15) is 13.6 Å². The summed E-state index contributed by atoms with van der Waals surface area (Å²) in [5.74, 6) is -0.123. The number of aromatic nitrogens is 2. The fourth-order valence-corrected chi connectivity index (χ4v) is 3.91. The summed E-state index contributed by atoms with van der Waals surface area (Å²) in [4.78, 5) is 18.5. The second-order valence-corrected chi connectivity index (χ2v) is 7.10. The molecule has 2 heterocycles. The number of imidazole rings is 1. The van der Waals surface area contributed by atoms with Crippen LogP contribution in [0.15, 0.2) is 30.3 Å². The van der Waals surface area contributed by atoms with E-state index in [1.165, 1.54) is 11.3 Å². The molecule has 3 aromatic rings. The number of rotatable bonds is 5. The van der Waals surface area contributed by atoms with Crippen LogP contribution in [0.25, 0.3) is 11.0 Å². The number of aryl methyl sites for hydroxylation is 2. The van der Waals surface area contributed by atoms with Crippen LogP contribution < -0.4 is 5.32 Å². The predicted molar refractivity (Wildman–Crippen MR) is 95.3 cm³/mol. The lowest BCUT2D eigenvalue weighted by atomic mass is 10.2. The number of nitrogens with zero attached hydrogens (tertiary/aromatic N) is 2. The van der Waals surface area contributed by atoms with Gasteiger partial charge in [0.1, 0.15) is 5.82 Å². The van der Waals surface area contributed by atoms with E-state index in [-0.39, 0.29) is 11.7 Å². The lowest BCUT2D eigenvalue weighted by molar-refractivity contribution is 0.0688. The third kappa shape index (κ3) is 3.28. The predicted octanol–water partition coefficient (Wildman–Crippen LogP) is 4.85. The quantitative estimate of drug-likeness (QED) is 0.704. The van der Waals surface area contributed by atoms with Crippen molar-refractivity contribution >= 4 is 28.3 Å². The van der Waals surface area contributed by atoms with Crippen molar-refractivity contribution in [2.75, 3.05) is 0 Å². The van der Waals surface area contributed by atoms with Gasteiger partial charge in [0, 0.05) is 4.88 Å². The van der Waals surface area contributed by atoms with Gasteiger partial charge in [-0.2, -0.15) is 8.78 Å². The average molecular weight is 363 g/mol. The van der Waals surface area contributed by atoms with Gasteiger partial charge in [0.2, 0.25) is 0 Å². The van der Waals surface area contributed by atoms with Crippen LogP contribution in [-0.4, -0.2) is 15.5 Å². The van der Waals surface area contributed by atoms with Crippen LogP contribution >= 0.6 is 11.3 Å². The van der Waals surface area contributed by atoms with Crippen molar-refractivity contribution in [3.05, 3.63) is 51.5 Å². The first-order valence-corrected chi connectivity index (χ1v) is 8.89. The smallest absolute Gasteiger partial charge is 0.320 e. The zero-order valence-corrected chi connectivity index (χ0v) is 15.0. The molecule has 1 unspecified atom stereocenters. The Morgan fingerprint density at radius 2 is 2.08 bits per heavy atom. The second kappa shape index (κ2) is 6.92. The fourth-order valence-electron chi connectivity index (χ4n) is 2.89. The van der Waals surface area contributed by atoms with E-state index in [1.807, 2.05) is 19.9 Å². The van der Waals surface area contributed by atoms with E-state index in [2.05, 4.69) is 10.3 Å². The topological polar surface area (TPSA) is 46.9 Å². The molecule has 0 aliphatic rings. The number of amides is 1. The van der Waals surface area contributed by atoms with Crippen molar-refractivity contribution in [2.24, 2.45) is 0 Å². The molecule has 25 heavy (non-hydrogen) atoms. The Morgan fingerprint density at radius 1 is 1.36 bits per heavy atom. The molecule has 4 nitrogen and oxygen atoms in total. The van der Waals surface area contributed by atoms with Gasteiger partial charge >= 0.3 is 6.55 Å². The van der Waals surface area contributed by atoms with E-state index in [4.69, 9.17) is 0 Å². The number of nitrogens with one attached hydrogen (secondary N) is 1. The summed E-state index contributed by atoms with van der Waals surface area (Å²) in [6, 6.07) is 7.94. The molecule has 0 aliphatic carbocycles. The maximum Gasteiger partial charge on any atom is 0.320 e. The number of carbonyl (C=O) groups excluding carboxylic acids is 1. The molecule has 0 spiro atoms. The van der Waals surface area contributed by atoms with Crippen molar-refractivity contribution in [1.29, 1.82) is 0 Å². The molecule has 0 bridgehead atoms. The highest BCUT2D eigenvalue weighted by Gasteiger charge is 2.23. The normalized spacial score (nSPS) is 12.7. The lowest BCUT2D eigenvalue weighted by Crippen LogP contribution is -2.28. The first-order valence-electron chi connectivity index (χ1n) is 8.07. The van der Waals surface area contributed by atoms with Gasteiger partial charge < -0.3 is 5.32 Å². The lowest BCUT2D eigenvalue weighted by Gasteiger charge is -2.15. The molecule has 3 rings (SSSR count). The Hall–Kier alpha value is -2.28. The number of carbonyl (C=O) groups is 1. The van der Waals surface area contributed by atoms with Crippen LogP contribution in [0.5, 0.6) is 0 Å². The van der Waals surface area contributed by atoms with E-state index in [0.29, 0.717) is 15.9 Å². The van der Waals surface area contributed by atoms with Crippen molar-refractivity contribution in [3.63, 3.8) is 0 Å². The van der Waals surface area contributed by atoms with Crippen molar-refractivity contribution in [3.8, 4) is 0 Å². The molecule has 1 atom stereocenters. The van der Waals surface area contributed by atoms with Crippen molar-refractivity contribution in [2.45, 2.75) is 39.8 Å². The van der Waals surface area contributed by atoms with Crippen molar-refractivity contribution in [1.82, 2.24) is 14.9 Å². The number of benzene rings is 1. The molecule has 7 heteroatoms. The molecule has 0 saturated heterocycles. The highest BCUT2D eigenvalue weighted by atomic mass is 32.1. The Labute approximate surface area is 148 Å². The van der Waals surface area contributed by atoms with Gasteiger partial charge in [-0.1, -0.05) is 19.1 Å². The molecule has 132 valence electrons. The molecule has 0 radical (unpaired) electrons. The number of para-hydroxylation sites is 2. The summed E-state index contributed by atoms with van der Waals surface area (Å²) < 4.78 is 27.9. The van der Waals surface area contributed by atoms with Crippen molar-refractivity contribution < 1.29 is 13.6 Å². The number of alkyl halides is 2. The number of thiophene rings is 1. The third-order valence-electron chi connectivity index (χ3n) is 4.18. The SMILES string of the molecule is CCc1cc(C(=O)NC(C)c2nc3ccccc3n2C(F)F)sc1C. The Bertz CT molecular complexity index is 916. The fraction of sp³-hybridized carbons (Fsp3) is 0.333. The standard InChI is InChI=1S/C18H19F2N3OS/c1-4-12-9-15(25-11(12)3)17(24)21-10(2)16-22-13-7-5-6-8-14(13)23(16)18(19)20/h5-10,18H,4H2,1-3H3,(H,21,24). The number of fused-ring (bicyclic) bond motifs is 1. The van der Waals surface area contributed by atoms with Gasteiger partial charge in [0.15, 0.2) is 0 Å². The number of halogens is 2. The van der Waals surface area contributed by atoms with Gasteiger partial charge in [0.25, 0.3) is 5.91 Å². The highest BCUT2D eigenvalue weighted by Crippen LogP contribution is 2.27. The molecule has 1 N–H and O–H groups in total. The first-order chi connectivity index (χ1) is 11.9. The minimum absolute atomic E-state index is 0.147. The summed E-state index contributed by atoms with van der Waals surface area (Å²) in [6.45, 7) is 2.95. The number of hydrogen-bond donors (Lipinski definition) is 1. The third-order valence-corrected chi connectivity index (χ3v) is 5.27. The van der Waals surface area contributed by atoms with Crippen LogP contribution in [0.2, 0.25) is 0 Å². The Balaban J connectivity index is 1.90. The largest absolute Gasteiger partial charge is 0.342 e. The molecule has 1 aromatic carbocycles. The summed E-state index contributed by atoms with van der Waals surface area (Å²) in [7, 11) is 0. The minimum Gasteiger partial charge on any atom is -0.342 e. The molecule has 0 saturated carbocycles. The van der Waals surface area contributed by atoms with Crippen LogP contribution in [-0.2, 0) is 6.42 Å². The summed E-state index contributed by atoms with van der Waals surface area (Å²) in [6.07, 6.45) is 0.854. The molecule has 2 aromatic heterocycles. The Kier molecular flexibility index (Phi) is 4.85.